The number of nitrogen functional groups attached to an aromatic ring is 1. The zero-order valence-corrected chi connectivity index (χ0v) is 16.7. The third-order valence-corrected chi connectivity index (χ3v) is 5.88. The Kier molecular flexibility index (Phi) is 5.36. The third-order valence-electron chi connectivity index (χ3n) is 4.91. The zero-order chi connectivity index (χ0) is 19.5. The van der Waals surface area contributed by atoms with Crippen LogP contribution < -0.4 is 5.73 Å². The number of anilines is 1. The predicted octanol–water partition coefficient (Wildman–Crippen LogP) is 2.94. The summed E-state index contributed by atoms with van der Waals surface area (Å²) in [5.74, 6) is 0.640. The van der Waals surface area contributed by atoms with Crippen LogP contribution in [-0.4, -0.2) is 51.9 Å². The van der Waals surface area contributed by atoms with Gasteiger partial charge in [-0.1, -0.05) is 12.1 Å². The minimum absolute atomic E-state index is 0.161. The van der Waals surface area contributed by atoms with Crippen molar-refractivity contribution in [3.05, 3.63) is 58.1 Å². The largest absolute Gasteiger partial charge is 0.383 e. The van der Waals surface area contributed by atoms with Crippen LogP contribution in [0.4, 0.5) is 5.82 Å². The maximum atomic E-state index is 12.6. The fraction of sp³-hybridized carbons (Fsp3) is 0.286. The summed E-state index contributed by atoms with van der Waals surface area (Å²) in [6.45, 7) is 5.56. The number of rotatable bonds is 5. The first-order chi connectivity index (χ1) is 13.6. The van der Waals surface area contributed by atoms with Crippen molar-refractivity contribution in [2.24, 2.45) is 0 Å². The van der Waals surface area contributed by atoms with Crippen molar-refractivity contribution in [2.45, 2.75) is 13.5 Å². The van der Waals surface area contributed by atoms with E-state index in [1.165, 1.54) is 16.1 Å². The summed E-state index contributed by atoms with van der Waals surface area (Å²) in [6.07, 6.45) is 5.75. The average Bonchev–Trinajstić information content (AvgIpc) is 3.09. The molecule has 144 valence electrons. The molecule has 3 aromatic rings. The maximum absolute atomic E-state index is 12.6. The monoisotopic (exact) mass is 393 g/mol. The second-order valence-electron chi connectivity index (χ2n) is 7.01. The molecule has 4 rings (SSSR count). The molecule has 1 fully saturated rings. The lowest BCUT2D eigenvalue weighted by atomic mass is 10.1. The van der Waals surface area contributed by atoms with Crippen LogP contribution in [0.25, 0.3) is 17.0 Å². The highest BCUT2D eigenvalue weighted by Crippen LogP contribution is 2.20. The van der Waals surface area contributed by atoms with Crippen LogP contribution in [0.5, 0.6) is 0 Å². The van der Waals surface area contributed by atoms with E-state index in [-0.39, 0.29) is 5.91 Å². The van der Waals surface area contributed by atoms with Crippen molar-refractivity contribution >= 4 is 40.0 Å². The molecule has 0 atom stereocenters. The van der Waals surface area contributed by atoms with Gasteiger partial charge in [-0.05, 0) is 42.8 Å². The molecule has 1 aromatic carbocycles. The van der Waals surface area contributed by atoms with Crippen molar-refractivity contribution in [3.63, 3.8) is 0 Å². The molecule has 1 amide bonds. The Hall–Kier alpha value is -2.77. The molecule has 3 heterocycles. The highest BCUT2D eigenvalue weighted by molar-refractivity contribution is 7.12. The molecule has 2 N–H and O–H groups in total. The number of amides is 1. The first-order valence-corrected chi connectivity index (χ1v) is 10.1. The summed E-state index contributed by atoms with van der Waals surface area (Å²) >= 11 is 1.78. The smallest absolute Gasteiger partial charge is 0.237 e. The molecule has 7 heteroatoms. The number of carbonyl (C=O) groups excluding carboxylic acids is 1. The lowest BCUT2D eigenvalue weighted by Gasteiger charge is -2.33. The van der Waals surface area contributed by atoms with Crippen LogP contribution in [0.3, 0.4) is 0 Å². The molecule has 0 unspecified atom stereocenters. The van der Waals surface area contributed by atoms with Gasteiger partial charge in [-0.2, -0.15) is 0 Å². The fourth-order valence-corrected chi connectivity index (χ4v) is 4.19. The van der Waals surface area contributed by atoms with Crippen molar-refractivity contribution in [1.82, 2.24) is 19.8 Å². The van der Waals surface area contributed by atoms with Crippen molar-refractivity contribution in [1.29, 1.82) is 0 Å². The van der Waals surface area contributed by atoms with Gasteiger partial charge >= 0.3 is 0 Å². The molecule has 2 aromatic heterocycles. The minimum Gasteiger partial charge on any atom is -0.383 e. The number of fused-ring (bicyclic) bond motifs is 1. The number of carbonyl (C=O) groups is 1. The van der Waals surface area contributed by atoms with Gasteiger partial charge in [0.15, 0.2) is 0 Å². The van der Waals surface area contributed by atoms with E-state index in [2.05, 4.69) is 46.1 Å². The first kappa shape index (κ1) is 18.6. The second-order valence-corrected chi connectivity index (χ2v) is 8.33. The standard InChI is InChI=1S/C21H23N5OS/c1-15-4-6-17(28-15)3-2-8-25-9-10-26(20(27)13-25)12-16-5-7-18-19(11-16)23-14-24-21(18)22/h2-7,11,14H,8-10,12-13H2,1H3,(H2,22,23,24). The predicted molar refractivity (Wildman–Crippen MR) is 114 cm³/mol. The lowest BCUT2D eigenvalue weighted by molar-refractivity contribution is -0.136. The van der Waals surface area contributed by atoms with Gasteiger partial charge in [-0.15, -0.1) is 11.3 Å². The van der Waals surface area contributed by atoms with Crippen molar-refractivity contribution < 1.29 is 4.79 Å². The molecular weight excluding hydrogens is 370 g/mol. The van der Waals surface area contributed by atoms with Gasteiger partial charge in [0.25, 0.3) is 0 Å². The maximum Gasteiger partial charge on any atom is 0.237 e. The van der Waals surface area contributed by atoms with E-state index in [1.807, 2.05) is 23.1 Å². The zero-order valence-electron chi connectivity index (χ0n) is 15.8. The molecule has 1 aliphatic rings. The number of benzene rings is 1. The Morgan fingerprint density at radius 2 is 2.11 bits per heavy atom. The highest BCUT2D eigenvalue weighted by atomic mass is 32.1. The molecule has 0 spiro atoms. The Labute approximate surface area is 168 Å². The molecule has 0 radical (unpaired) electrons. The number of aromatic nitrogens is 2. The van der Waals surface area contributed by atoms with E-state index in [4.69, 9.17) is 5.73 Å². The summed E-state index contributed by atoms with van der Waals surface area (Å²) < 4.78 is 0. The van der Waals surface area contributed by atoms with E-state index in [0.29, 0.717) is 18.9 Å². The van der Waals surface area contributed by atoms with Gasteiger partial charge in [0, 0.05) is 41.3 Å². The Balaban J connectivity index is 1.34. The number of nitrogens with two attached hydrogens (primary N) is 1. The summed E-state index contributed by atoms with van der Waals surface area (Å²) in [6, 6.07) is 10.2. The molecule has 0 aliphatic carbocycles. The number of thiophene rings is 1. The molecule has 1 aliphatic heterocycles. The summed E-state index contributed by atoms with van der Waals surface area (Å²) in [7, 11) is 0. The summed E-state index contributed by atoms with van der Waals surface area (Å²) in [4.78, 5) is 27.5. The molecular formula is C21H23N5OS. The molecule has 1 saturated heterocycles. The van der Waals surface area contributed by atoms with E-state index in [0.717, 1.165) is 36.1 Å². The fourth-order valence-electron chi connectivity index (χ4n) is 3.38. The second kappa shape index (κ2) is 8.08. The van der Waals surface area contributed by atoms with Gasteiger partial charge in [0.2, 0.25) is 5.91 Å². The van der Waals surface area contributed by atoms with Crippen LogP contribution in [0, 0.1) is 6.92 Å². The SMILES string of the molecule is Cc1ccc(C=CCN2CCN(Cc3ccc4c(N)ncnc4c3)C(=O)C2)s1. The Bertz CT molecular complexity index is 1030. The van der Waals surface area contributed by atoms with Crippen LogP contribution in [0.2, 0.25) is 0 Å². The number of hydrogen-bond donors (Lipinski definition) is 1. The van der Waals surface area contributed by atoms with E-state index >= 15 is 0 Å². The molecule has 0 bridgehead atoms. The van der Waals surface area contributed by atoms with Crippen LogP contribution >= 0.6 is 11.3 Å². The first-order valence-electron chi connectivity index (χ1n) is 9.31. The number of hydrogen-bond acceptors (Lipinski definition) is 6. The van der Waals surface area contributed by atoms with Gasteiger partial charge in [0.05, 0.1) is 12.1 Å². The topological polar surface area (TPSA) is 75.3 Å². The molecule has 28 heavy (non-hydrogen) atoms. The Morgan fingerprint density at radius 3 is 2.89 bits per heavy atom. The summed E-state index contributed by atoms with van der Waals surface area (Å²) in [5, 5.41) is 0.843. The number of piperazine rings is 1. The van der Waals surface area contributed by atoms with Crippen LogP contribution in [0.15, 0.2) is 42.7 Å². The third kappa shape index (κ3) is 4.21. The average molecular weight is 394 g/mol. The molecule has 6 nitrogen and oxygen atoms in total. The van der Waals surface area contributed by atoms with Gasteiger partial charge in [-0.25, -0.2) is 9.97 Å². The lowest BCUT2D eigenvalue weighted by Crippen LogP contribution is -2.49. The van der Waals surface area contributed by atoms with Crippen molar-refractivity contribution in [3.8, 4) is 0 Å². The van der Waals surface area contributed by atoms with E-state index in [9.17, 15) is 4.79 Å². The van der Waals surface area contributed by atoms with Gasteiger partial charge < -0.3 is 10.6 Å². The highest BCUT2D eigenvalue weighted by Gasteiger charge is 2.23. The van der Waals surface area contributed by atoms with Gasteiger partial charge in [-0.3, -0.25) is 9.69 Å². The quantitative estimate of drug-likeness (QED) is 0.721. The number of aryl methyl sites for hydroxylation is 1. The van der Waals surface area contributed by atoms with Crippen LogP contribution in [0.1, 0.15) is 15.3 Å². The van der Waals surface area contributed by atoms with E-state index < -0.39 is 0 Å². The van der Waals surface area contributed by atoms with Gasteiger partial charge in [0.1, 0.15) is 12.1 Å². The van der Waals surface area contributed by atoms with Crippen molar-refractivity contribution in [2.75, 3.05) is 31.9 Å². The Morgan fingerprint density at radius 1 is 1.21 bits per heavy atom. The number of nitrogens with zero attached hydrogens (tertiary/aromatic N) is 4. The normalized spacial score (nSPS) is 15.8. The summed E-state index contributed by atoms with van der Waals surface area (Å²) in [5.41, 5.74) is 7.75. The minimum atomic E-state index is 0.161. The molecule has 0 saturated carbocycles. The van der Waals surface area contributed by atoms with Crippen LogP contribution in [-0.2, 0) is 11.3 Å². The van der Waals surface area contributed by atoms with E-state index in [1.54, 1.807) is 11.3 Å².